The fourth-order valence-electron chi connectivity index (χ4n) is 2.31. The van der Waals surface area contributed by atoms with Crippen molar-refractivity contribution in [2.75, 3.05) is 11.1 Å². The maximum absolute atomic E-state index is 5.75. The van der Waals surface area contributed by atoms with Crippen molar-refractivity contribution in [2.45, 2.75) is 6.54 Å². The van der Waals surface area contributed by atoms with E-state index in [4.69, 9.17) is 5.73 Å². The molecule has 3 rings (SSSR count). The Labute approximate surface area is 126 Å². The summed E-state index contributed by atoms with van der Waals surface area (Å²) in [6, 6.07) is 20.6. The predicted octanol–water partition coefficient (Wildman–Crippen LogP) is 4.80. The van der Waals surface area contributed by atoms with Crippen molar-refractivity contribution in [1.29, 1.82) is 0 Å². The van der Waals surface area contributed by atoms with Crippen molar-refractivity contribution in [2.24, 2.45) is 0 Å². The summed E-state index contributed by atoms with van der Waals surface area (Å²) in [6.07, 6.45) is 0. The molecule has 0 saturated heterocycles. The molecule has 0 atom stereocenters. The molecule has 0 amide bonds. The number of nitrogen functional groups attached to an aromatic ring is 1. The Morgan fingerprint density at radius 2 is 1.75 bits per heavy atom. The van der Waals surface area contributed by atoms with Crippen LogP contribution in [0.3, 0.4) is 0 Å². The molecule has 0 spiro atoms. The van der Waals surface area contributed by atoms with Crippen LogP contribution in [0.15, 0.2) is 65.1 Å². The fraction of sp³-hybridized carbons (Fsp3) is 0.0588. The first-order valence-corrected chi connectivity index (χ1v) is 7.29. The second kappa shape index (κ2) is 5.55. The van der Waals surface area contributed by atoms with Gasteiger partial charge in [0.1, 0.15) is 0 Å². The third kappa shape index (κ3) is 2.63. The molecule has 0 aliphatic heterocycles. The van der Waals surface area contributed by atoms with Gasteiger partial charge >= 0.3 is 0 Å². The van der Waals surface area contributed by atoms with Gasteiger partial charge in [-0.1, -0.05) is 42.5 Å². The van der Waals surface area contributed by atoms with Crippen LogP contribution in [0.4, 0.5) is 11.4 Å². The predicted molar refractivity (Wildman–Crippen MR) is 89.8 cm³/mol. The number of benzene rings is 3. The largest absolute Gasteiger partial charge is 0.399 e. The molecule has 3 aromatic carbocycles. The summed E-state index contributed by atoms with van der Waals surface area (Å²) in [5, 5.41) is 6.00. The molecule has 0 aromatic heterocycles. The Balaban J connectivity index is 1.87. The SMILES string of the molecule is Nc1ccc(NCc2cccc3ccccc23)c(Br)c1. The third-order valence-corrected chi connectivity index (χ3v) is 4.00. The van der Waals surface area contributed by atoms with Crippen molar-refractivity contribution in [1.82, 2.24) is 0 Å². The first kappa shape index (κ1) is 13.0. The molecular formula is C17H15BrN2. The molecule has 0 saturated carbocycles. The molecule has 2 nitrogen and oxygen atoms in total. The van der Waals surface area contributed by atoms with Gasteiger partial charge in [0.15, 0.2) is 0 Å². The Kier molecular flexibility index (Phi) is 3.61. The summed E-state index contributed by atoms with van der Waals surface area (Å²) in [5.74, 6) is 0. The lowest BCUT2D eigenvalue weighted by Crippen LogP contribution is -2.01. The van der Waals surface area contributed by atoms with Gasteiger partial charge in [-0.3, -0.25) is 0 Å². The second-order valence-electron chi connectivity index (χ2n) is 4.73. The van der Waals surface area contributed by atoms with E-state index >= 15 is 0 Å². The number of rotatable bonds is 3. The number of nitrogens with two attached hydrogens (primary N) is 1. The van der Waals surface area contributed by atoms with E-state index in [0.29, 0.717) is 0 Å². The standard InChI is InChI=1S/C17H15BrN2/c18-16-10-14(19)8-9-17(16)20-11-13-6-3-5-12-4-1-2-7-15(12)13/h1-10,20H,11,19H2. The van der Waals surface area contributed by atoms with Gasteiger partial charge < -0.3 is 11.1 Å². The molecule has 0 radical (unpaired) electrons. The van der Waals surface area contributed by atoms with E-state index in [1.54, 1.807) is 0 Å². The Morgan fingerprint density at radius 3 is 2.60 bits per heavy atom. The number of anilines is 2. The van der Waals surface area contributed by atoms with Crippen LogP contribution in [0.5, 0.6) is 0 Å². The maximum atomic E-state index is 5.75. The normalized spacial score (nSPS) is 10.7. The minimum Gasteiger partial charge on any atom is -0.399 e. The molecule has 3 heteroatoms. The topological polar surface area (TPSA) is 38.0 Å². The van der Waals surface area contributed by atoms with Crippen LogP contribution in [0.2, 0.25) is 0 Å². The Morgan fingerprint density at radius 1 is 0.950 bits per heavy atom. The van der Waals surface area contributed by atoms with Gasteiger partial charge in [-0.15, -0.1) is 0 Å². The van der Waals surface area contributed by atoms with Gasteiger partial charge in [-0.05, 0) is 50.5 Å². The minimum atomic E-state index is 0.757. The minimum absolute atomic E-state index is 0.757. The quantitative estimate of drug-likeness (QED) is 0.678. The molecular weight excluding hydrogens is 312 g/mol. The highest BCUT2D eigenvalue weighted by Gasteiger charge is 2.03. The molecule has 3 N–H and O–H groups in total. The summed E-state index contributed by atoms with van der Waals surface area (Å²) in [4.78, 5) is 0. The first-order chi connectivity index (χ1) is 9.74. The first-order valence-electron chi connectivity index (χ1n) is 6.49. The highest BCUT2D eigenvalue weighted by Crippen LogP contribution is 2.26. The van der Waals surface area contributed by atoms with E-state index in [1.165, 1.54) is 16.3 Å². The van der Waals surface area contributed by atoms with Gasteiger partial charge in [0, 0.05) is 22.4 Å². The van der Waals surface area contributed by atoms with Gasteiger partial charge in [0.2, 0.25) is 0 Å². The van der Waals surface area contributed by atoms with Gasteiger partial charge in [-0.25, -0.2) is 0 Å². The van der Waals surface area contributed by atoms with E-state index in [0.717, 1.165) is 22.4 Å². The van der Waals surface area contributed by atoms with Crippen LogP contribution in [-0.2, 0) is 6.54 Å². The van der Waals surface area contributed by atoms with E-state index in [-0.39, 0.29) is 0 Å². The molecule has 0 fully saturated rings. The number of halogens is 1. The number of nitrogens with one attached hydrogen (secondary N) is 1. The molecule has 0 aliphatic rings. The lowest BCUT2D eigenvalue weighted by atomic mass is 10.0. The average Bonchev–Trinajstić information content (AvgIpc) is 2.46. The van der Waals surface area contributed by atoms with Crippen molar-refractivity contribution in [3.05, 3.63) is 70.7 Å². The number of hydrogen-bond acceptors (Lipinski definition) is 2. The van der Waals surface area contributed by atoms with Crippen molar-refractivity contribution < 1.29 is 0 Å². The monoisotopic (exact) mass is 326 g/mol. The van der Waals surface area contributed by atoms with Gasteiger partial charge in [-0.2, -0.15) is 0 Å². The lowest BCUT2D eigenvalue weighted by molar-refractivity contribution is 1.16. The molecule has 3 aromatic rings. The van der Waals surface area contributed by atoms with Crippen LogP contribution in [0, 0.1) is 0 Å². The van der Waals surface area contributed by atoms with Crippen LogP contribution >= 0.6 is 15.9 Å². The molecule has 0 bridgehead atoms. The van der Waals surface area contributed by atoms with Crippen molar-refractivity contribution >= 4 is 38.1 Å². The zero-order chi connectivity index (χ0) is 13.9. The Hall–Kier alpha value is -2.00. The molecule has 100 valence electrons. The third-order valence-electron chi connectivity index (χ3n) is 3.34. The summed E-state index contributed by atoms with van der Waals surface area (Å²) in [6.45, 7) is 0.782. The van der Waals surface area contributed by atoms with Crippen molar-refractivity contribution in [3.8, 4) is 0 Å². The Bertz CT molecular complexity index is 748. The summed E-state index contributed by atoms with van der Waals surface area (Å²) < 4.78 is 0.984. The zero-order valence-electron chi connectivity index (χ0n) is 10.9. The van der Waals surface area contributed by atoms with E-state index in [1.807, 2.05) is 18.2 Å². The van der Waals surface area contributed by atoms with Crippen LogP contribution in [-0.4, -0.2) is 0 Å². The van der Waals surface area contributed by atoms with Crippen LogP contribution in [0.1, 0.15) is 5.56 Å². The van der Waals surface area contributed by atoms with Crippen LogP contribution < -0.4 is 11.1 Å². The molecule has 0 heterocycles. The van der Waals surface area contributed by atoms with E-state index < -0.39 is 0 Å². The molecule has 20 heavy (non-hydrogen) atoms. The maximum Gasteiger partial charge on any atom is 0.0488 e. The summed E-state index contributed by atoms with van der Waals surface area (Å²) in [5.41, 5.74) is 8.84. The van der Waals surface area contributed by atoms with Crippen LogP contribution in [0.25, 0.3) is 10.8 Å². The number of fused-ring (bicyclic) bond motifs is 1. The van der Waals surface area contributed by atoms with E-state index in [2.05, 4.69) is 63.7 Å². The summed E-state index contributed by atoms with van der Waals surface area (Å²) >= 11 is 3.53. The van der Waals surface area contributed by atoms with Gasteiger partial charge in [0.25, 0.3) is 0 Å². The lowest BCUT2D eigenvalue weighted by Gasteiger charge is -2.11. The van der Waals surface area contributed by atoms with E-state index in [9.17, 15) is 0 Å². The highest BCUT2D eigenvalue weighted by atomic mass is 79.9. The molecule has 0 aliphatic carbocycles. The van der Waals surface area contributed by atoms with Crippen molar-refractivity contribution in [3.63, 3.8) is 0 Å². The highest BCUT2D eigenvalue weighted by molar-refractivity contribution is 9.10. The fourth-order valence-corrected chi connectivity index (χ4v) is 2.85. The average molecular weight is 327 g/mol. The second-order valence-corrected chi connectivity index (χ2v) is 5.59. The number of hydrogen-bond donors (Lipinski definition) is 2. The zero-order valence-corrected chi connectivity index (χ0v) is 12.5. The summed E-state index contributed by atoms with van der Waals surface area (Å²) in [7, 11) is 0. The van der Waals surface area contributed by atoms with Gasteiger partial charge in [0.05, 0.1) is 0 Å². The smallest absolute Gasteiger partial charge is 0.0488 e. The molecule has 0 unspecified atom stereocenters.